The Hall–Kier alpha value is -2.05. The van der Waals surface area contributed by atoms with Gasteiger partial charge in [0, 0.05) is 20.1 Å². The first kappa shape index (κ1) is 14.4. The lowest BCUT2D eigenvalue weighted by molar-refractivity contribution is 0.0196. The van der Waals surface area contributed by atoms with Crippen LogP contribution in [0.2, 0.25) is 0 Å². The fraction of sp³-hybridized carbons (Fsp3) is 0.615. The Labute approximate surface area is 118 Å². The van der Waals surface area contributed by atoms with Crippen molar-refractivity contribution in [1.82, 2.24) is 14.9 Å². The van der Waals surface area contributed by atoms with E-state index in [0.29, 0.717) is 19.0 Å². The van der Waals surface area contributed by atoms with Gasteiger partial charge in [-0.05, 0) is 20.8 Å². The molecule has 2 rings (SSSR count). The SMILES string of the molecule is CN(C(=O)OC(C)(C)C)C1CN(c2ncc(O)cn2)C1. The molecule has 0 radical (unpaired) electrons. The number of rotatable bonds is 2. The molecule has 0 aliphatic carbocycles. The fourth-order valence-electron chi connectivity index (χ4n) is 1.82. The summed E-state index contributed by atoms with van der Waals surface area (Å²) in [6, 6.07) is 0.0854. The number of hydrogen-bond acceptors (Lipinski definition) is 6. The van der Waals surface area contributed by atoms with E-state index in [0.717, 1.165) is 0 Å². The van der Waals surface area contributed by atoms with Crippen LogP contribution >= 0.6 is 0 Å². The molecular formula is C13H20N4O3. The molecular weight excluding hydrogens is 260 g/mol. The van der Waals surface area contributed by atoms with E-state index in [1.807, 2.05) is 25.7 Å². The highest BCUT2D eigenvalue weighted by Crippen LogP contribution is 2.21. The Morgan fingerprint density at radius 1 is 1.40 bits per heavy atom. The first-order valence-corrected chi connectivity index (χ1v) is 6.48. The van der Waals surface area contributed by atoms with Crippen molar-refractivity contribution in [1.29, 1.82) is 0 Å². The molecule has 7 nitrogen and oxygen atoms in total. The minimum Gasteiger partial charge on any atom is -0.505 e. The number of anilines is 1. The standard InChI is InChI=1S/C13H20N4O3/c1-13(2,3)20-12(19)16(4)9-7-17(8-9)11-14-5-10(18)6-15-11/h5-6,9,18H,7-8H2,1-4H3. The molecule has 0 aromatic carbocycles. The van der Waals surface area contributed by atoms with E-state index in [1.165, 1.54) is 12.4 Å². The monoisotopic (exact) mass is 280 g/mol. The Morgan fingerprint density at radius 3 is 2.45 bits per heavy atom. The molecule has 1 saturated heterocycles. The summed E-state index contributed by atoms with van der Waals surface area (Å²) >= 11 is 0. The van der Waals surface area contributed by atoms with Gasteiger partial charge in [-0.25, -0.2) is 14.8 Å². The molecule has 1 aliphatic rings. The van der Waals surface area contributed by atoms with Crippen LogP contribution in [-0.4, -0.2) is 57.8 Å². The van der Waals surface area contributed by atoms with Crippen LogP contribution in [0.1, 0.15) is 20.8 Å². The van der Waals surface area contributed by atoms with Crippen LogP contribution in [0.4, 0.5) is 10.7 Å². The summed E-state index contributed by atoms with van der Waals surface area (Å²) in [5.74, 6) is 0.591. The van der Waals surface area contributed by atoms with E-state index in [-0.39, 0.29) is 17.9 Å². The second-order valence-corrected chi connectivity index (χ2v) is 5.89. The third-order valence-corrected chi connectivity index (χ3v) is 3.00. The minimum atomic E-state index is -0.491. The summed E-state index contributed by atoms with van der Waals surface area (Å²) in [6.45, 7) is 6.84. The Balaban J connectivity index is 1.86. The van der Waals surface area contributed by atoms with Crippen LogP contribution in [0.5, 0.6) is 5.75 Å². The van der Waals surface area contributed by atoms with Crippen LogP contribution in [0.25, 0.3) is 0 Å². The van der Waals surface area contributed by atoms with Gasteiger partial charge in [0.2, 0.25) is 5.95 Å². The average Bonchev–Trinajstić information content (AvgIpc) is 2.27. The summed E-state index contributed by atoms with van der Waals surface area (Å²) in [6.07, 6.45) is 2.38. The number of amides is 1. The fourth-order valence-corrected chi connectivity index (χ4v) is 1.82. The smallest absolute Gasteiger partial charge is 0.410 e. The second-order valence-electron chi connectivity index (χ2n) is 5.89. The number of aromatic hydroxyl groups is 1. The third-order valence-electron chi connectivity index (χ3n) is 3.00. The molecule has 1 aliphatic heterocycles. The van der Waals surface area contributed by atoms with Crippen molar-refractivity contribution in [3.05, 3.63) is 12.4 Å². The summed E-state index contributed by atoms with van der Waals surface area (Å²) in [7, 11) is 1.73. The summed E-state index contributed by atoms with van der Waals surface area (Å²) in [5.41, 5.74) is -0.491. The summed E-state index contributed by atoms with van der Waals surface area (Å²) in [5, 5.41) is 9.14. The second kappa shape index (κ2) is 5.15. The number of nitrogens with zero attached hydrogens (tertiary/aromatic N) is 4. The van der Waals surface area contributed by atoms with Gasteiger partial charge in [-0.1, -0.05) is 0 Å². The highest BCUT2D eigenvalue weighted by molar-refractivity contribution is 5.68. The van der Waals surface area contributed by atoms with Gasteiger partial charge >= 0.3 is 6.09 Å². The normalized spacial score (nSPS) is 15.7. The molecule has 1 N–H and O–H groups in total. The zero-order valence-corrected chi connectivity index (χ0v) is 12.2. The van der Waals surface area contributed by atoms with Crippen LogP contribution in [0, 0.1) is 0 Å². The third kappa shape index (κ3) is 3.28. The maximum Gasteiger partial charge on any atom is 0.410 e. The number of carbonyl (C=O) groups excluding carboxylic acids is 1. The van der Waals surface area contributed by atoms with Crippen LogP contribution in [-0.2, 0) is 4.74 Å². The van der Waals surface area contributed by atoms with Crippen molar-refractivity contribution in [2.75, 3.05) is 25.0 Å². The number of carbonyl (C=O) groups is 1. The molecule has 1 fully saturated rings. The van der Waals surface area contributed by atoms with Gasteiger partial charge in [-0.15, -0.1) is 0 Å². The molecule has 0 bridgehead atoms. The molecule has 1 aromatic rings. The van der Waals surface area contributed by atoms with Crippen molar-refractivity contribution in [2.45, 2.75) is 32.4 Å². The van der Waals surface area contributed by atoms with Gasteiger partial charge in [0.15, 0.2) is 5.75 Å². The number of aromatic nitrogens is 2. The quantitative estimate of drug-likeness (QED) is 0.878. The van der Waals surface area contributed by atoms with Crippen LogP contribution in [0.3, 0.4) is 0 Å². The van der Waals surface area contributed by atoms with E-state index in [1.54, 1.807) is 11.9 Å². The van der Waals surface area contributed by atoms with Crippen LogP contribution in [0.15, 0.2) is 12.4 Å². The molecule has 1 aromatic heterocycles. The van der Waals surface area contributed by atoms with E-state index >= 15 is 0 Å². The summed E-state index contributed by atoms with van der Waals surface area (Å²) < 4.78 is 5.32. The molecule has 110 valence electrons. The highest BCUT2D eigenvalue weighted by Gasteiger charge is 2.35. The predicted octanol–water partition coefficient (Wildman–Crippen LogP) is 1.24. The van der Waals surface area contributed by atoms with Gasteiger partial charge in [-0.2, -0.15) is 0 Å². The first-order chi connectivity index (χ1) is 9.26. The zero-order valence-electron chi connectivity index (χ0n) is 12.2. The van der Waals surface area contributed by atoms with Crippen molar-refractivity contribution < 1.29 is 14.6 Å². The van der Waals surface area contributed by atoms with E-state index < -0.39 is 5.60 Å². The van der Waals surface area contributed by atoms with E-state index in [9.17, 15) is 4.79 Å². The van der Waals surface area contributed by atoms with Crippen molar-refractivity contribution in [2.24, 2.45) is 0 Å². The molecule has 1 amide bonds. The topological polar surface area (TPSA) is 78.8 Å². The van der Waals surface area contributed by atoms with Crippen molar-refractivity contribution in [3.63, 3.8) is 0 Å². The van der Waals surface area contributed by atoms with Gasteiger partial charge in [-0.3, -0.25) is 0 Å². The average molecular weight is 280 g/mol. The number of ether oxygens (including phenoxy) is 1. The van der Waals surface area contributed by atoms with E-state index in [4.69, 9.17) is 9.84 Å². The molecule has 20 heavy (non-hydrogen) atoms. The molecule has 0 spiro atoms. The number of likely N-dealkylation sites (N-methyl/N-ethyl adjacent to an activating group) is 1. The first-order valence-electron chi connectivity index (χ1n) is 6.48. The lowest BCUT2D eigenvalue weighted by Gasteiger charge is -2.43. The lowest BCUT2D eigenvalue weighted by Crippen LogP contribution is -2.60. The van der Waals surface area contributed by atoms with Crippen LogP contribution < -0.4 is 4.90 Å². The van der Waals surface area contributed by atoms with Crippen molar-refractivity contribution in [3.8, 4) is 5.75 Å². The highest BCUT2D eigenvalue weighted by atomic mass is 16.6. The van der Waals surface area contributed by atoms with Crippen molar-refractivity contribution >= 4 is 12.0 Å². The maximum absolute atomic E-state index is 11.9. The largest absolute Gasteiger partial charge is 0.505 e. The predicted molar refractivity (Wildman–Crippen MR) is 73.7 cm³/mol. The van der Waals surface area contributed by atoms with Gasteiger partial charge < -0.3 is 19.6 Å². The summed E-state index contributed by atoms with van der Waals surface area (Å²) in [4.78, 5) is 23.5. The van der Waals surface area contributed by atoms with Gasteiger partial charge in [0.05, 0.1) is 18.4 Å². The maximum atomic E-state index is 11.9. The molecule has 0 unspecified atom stereocenters. The minimum absolute atomic E-state index is 0.0386. The van der Waals surface area contributed by atoms with E-state index in [2.05, 4.69) is 9.97 Å². The molecule has 7 heteroatoms. The molecule has 0 atom stereocenters. The van der Waals surface area contributed by atoms with Gasteiger partial charge in [0.25, 0.3) is 0 Å². The Morgan fingerprint density at radius 2 is 1.95 bits per heavy atom. The number of hydrogen-bond donors (Lipinski definition) is 1. The van der Waals surface area contributed by atoms with Gasteiger partial charge in [0.1, 0.15) is 5.60 Å². The molecule has 0 saturated carbocycles. The Kier molecular flexibility index (Phi) is 3.69. The zero-order chi connectivity index (χ0) is 14.9. The molecule has 2 heterocycles. The Bertz CT molecular complexity index is 477. The lowest BCUT2D eigenvalue weighted by atomic mass is 10.1.